The second kappa shape index (κ2) is 4.94. The van der Waals surface area contributed by atoms with Crippen LogP contribution in [0.15, 0.2) is 42.9 Å². The van der Waals surface area contributed by atoms with Crippen molar-refractivity contribution in [2.75, 3.05) is 5.32 Å². The number of carbonyl (C=O) groups is 1. The van der Waals surface area contributed by atoms with Gasteiger partial charge in [-0.1, -0.05) is 18.2 Å². The Labute approximate surface area is 121 Å². The first-order chi connectivity index (χ1) is 10.1. The Hall–Kier alpha value is -2.82. The van der Waals surface area contributed by atoms with E-state index in [0.29, 0.717) is 11.3 Å². The maximum Gasteiger partial charge on any atom is 0.337 e. The SMILES string of the molecule is Cc1cccc(C)c1Nc1cc(C(=O)O)cn2ccnc12. The quantitative estimate of drug-likeness (QED) is 0.772. The van der Waals surface area contributed by atoms with Gasteiger partial charge in [-0.25, -0.2) is 9.78 Å². The summed E-state index contributed by atoms with van der Waals surface area (Å²) in [5, 5.41) is 12.5. The van der Waals surface area contributed by atoms with Gasteiger partial charge < -0.3 is 14.8 Å². The van der Waals surface area contributed by atoms with Crippen LogP contribution in [0.4, 0.5) is 11.4 Å². The van der Waals surface area contributed by atoms with Gasteiger partial charge in [0.05, 0.1) is 11.3 Å². The zero-order valence-corrected chi connectivity index (χ0v) is 11.8. The predicted molar refractivity (Wildman–Crippen MR) is 81.4 cm³/mol. The van der Waals surface area contributed by atoms with Gasteiger partial charge in [-0.05, 0) is 31.0 Å². The molecule has 0 aliphatic carbocycles. The number of anilines is 2. The average molecular weight is 281 g/mol. The number of nitrogens with one attached hydrogen (secondary N) is 1. The van der Waals surface area contributed by atoms with E-state index in [-0.39, 0.29) is 5.56 Å². The van der Waals surface area contributed by atoms with Gasteiger partial charge in [-0.15, -0.1) is 0 Å². The number of hydrogen-bond acceptors (Lipinski definition) is 3. The van der Waals surface area contributed by atoms with Gasteiger partial charge in [0.25, 0.3) is 0 Å². The number of pyridine rings is 1. The Morgan fingerprint density at radius 3 is 2.67 bits per heavy atom. The van der Waals surface area contributed by atoms with Crippen molar-refractivity contribution in [2.24, 2.45) is 0 Å². The van der Waals surface area contributed by atoms with Crippen LogP contribution < -0.4 is 5.32 Å². The normalized spacial score (nSPS) is 10.8. The number of imidazole rings is 1. The molecule has 0 radical (unpaired) electrons. The molecule has 1 aromatic carbocycles. The molecule has 0 unspecified atom stereocenters. The Balaban J connectivity index is 2.15. The summed E-state index contributed by atoms with van der Waals surface area (Å²) in [7, 11) is 0. The molecule has 2 heterocycles. The molecule has 5 heteroatoms. The van der Waals surface area contributed by atoms with Gasteiger partial charge in [0.1, 0.15) is 0 Å². The number of nitrogens with zero attached hydrogens (tertiary/aromatic N) is 2. The van der Waals surface area contributed by atoms with Crippen molar-refractivity contribution in [3.8, 4) is 0 Å². The minimum absolute atomic E-state index is 0.217. The number of carboxylic acid groups (broad SMARTS) is 1. The summed E-state index contributed by atoms with van der Waals surface area (Å²) in [5.41, 5.74) is 4.76. The highest BCUT2D eigenvalue weighted by Crippen LogP contribution is 2.27. The van der Waals surface area contributed by atoms with Crippen molar-refractivity contribution < 1.29 is 9.90 Å². The summed E-state index contributed by atoms with van der Waals surface area (Å²) in [5.74, 6) is -0.963. The number of benzene rings is 1. The molecule has 2 N–H and O–H groups in total. The molecule has 0 bridgehead atoms. The van der Waals surface area contributed by atoms with E-state index in [1.54, 1.807) is 29.1 Å². The number of aryl methyl sites for hydroxylation is 2. The molecule has 106 valence electrons. The molecule has 2 aromatic heterocycles. The number of para-hydroxylation sites is 1. The number of hydrogen-bond donors (Lipinski definition) is 2. The van der Waals surface area contributed by atoms with Crippen LogP contribution in [-0.2, 0) is 0 Å². The van der Waals surface area contributed by atoms with E-state index in [1.165, 1.54) is 0 Å². The molecular weight excluding hydrogens is 266 g/mol. The minimum atomic E-state index is -0.963. The van der Waals surface area contributed by atoms with Crippen LogP contribution in [0.1, 0.15) is 21.5 Å². The van der Waals surface area contributed by atoms with Crippen molar-refractivity contribution in [3.05, 3.63) is 59.5 Å². The number of carboxylic acids is 1. The zero-order valence-electron chi connectivity index (χ0n) is 11.8. The molecular formula is C16H15N3O2. The third kappa shape index (κ3) is 2.33. The Bertz CT molecular complexity index is 816. The van der Waals surface area contributed by atoms with E-state index >= 15 is 0 Å². The van der Waals surface area contributed by atoms with Crippen molar-refractivity contribution in [3.63, 3.8) is 0 Å². The summed E-state index contributed by atoms with van der Waals surface area (Å²) in [6, 6.07) is 7.63. The summed E-state index contributed by atoms with van der Waals surface area (Å²) in [4.78, 5) is 15.5. The van der Waals surface area contributed by atoms with Crippen molar-refractivity contribution in [1.29, 1.82) is 0 Å². The number of rotatable bonds is 3. The Kier molecular flexibility index (Phi) is 3.10. The lowest BCUT2D eigenvalue weighted by Gasteiger charge is -2.14. The first-order valence-corrected chi connectivity index (χ1v) is 6.59. The van der Waals surface area contributed by atoms with Crippen LogP contribution in [0.25, 0.3) is 5.65 Å². The van der Waals surface area contributed by atoms with Crippen LogP contribution in [0.5, 0.6) is 0 Å². The highest BCUT2D eigenvalue weighted by Gasteiger charge is 2.12. The molecule has 21 heavy (non-hydrogen) atoms. The third-order valence-electron chi connectivity index (χ3n) is 3.48. The maximum atomic E-state index is 11.2. The topological polar surface area (TPSA) is 66.6 Å². The van der Waals surface area contributed by atoms with Crippen LogP contribution in [0, 0.1) is 13.8 Å². The van der Waals surface area contributed by atoms with Gasteiger partial charge in [0.2, 0.25) is 0 Å². The second-order valence-corrected chi connectivity index (χ2v) is 5.00. The second-order valence-electron chi connectivity index (χ2n) is 5.00. The van der Waals surface area contributed by atoms with Crippen LogP contribution >= 0.6 is 0 Å². The molecule has 0 spiro atoms. The van der Waals surface area contributed by atoms with Gasteiger partial charge in [-0.3, -0.25) is 0 Å². The van der Waals surface area contributed by atoms with Gasteiger partial charge in [-0.2, -0.15) is 0 Å². The van der Waals surface area contributed by atoms with E-state index in [2.05, 4.69) is 10.3 Å². The first kappa shape index (κ1) is 13.2. The monoisotopic (exact) mass is 281 g/mol. The fraction of sp³-hybridized carbons (Fsp3) is 0.125. The van der Waals surface area contributed by atoms with E-state index in [1.807, 2.05) is 32.0 Å². The molecule has 0 aliphatic heterocycles. The zero-order chi connectivity index (χ0) is 15.0. The summed E-state index contributed by atoms with van der Waals surface area (Å²) >= 11 is 0. The fourth-order valence-electron chi connectivity index (χ4n) is 2.39. The molecule has 5 nitrogen and oxygen atoms in total. The van der Waals surface area contributed by atoms with Gasteiger partial charge >= 0.3 is 5.97 Å². The van der Waals surface area contributed by atoms with E-state index in [4.69, 9.17) is 0 Å². The standard InChI is InChI=1S/C16H15N3O2/c1-10-4-3-5-11(2)14(10)18-13-8-12(16(20)21)9-19-7-6-17-15(13)19/h3-9,18H,1-2H3,(H,20,21). The predicted octanol–water partition coefficient (Wildman–Crippen LogP) is 3.39. The molecule has 3 aromatic rings. The minimum Gasteiger partial charge on any atom is -0.478 e. The largest absolute Gasteiger partial charge is 0.478 e. The highest BCUT2D eigenvalue weighted by atomic mass is 16.4. The Morgan fingerprint density at radius 1 is 1.29 bits per heavy atom. The molecule has 0 saturated carbocycles. The molecule has 0 aliphatic rings. The van der Waals surface area contributed by atoms with Gasteiger partial charge in [0.15, 0.2) is 5.65 Å². The molecule has 3 rings (SSSR count). The van der Waals surface area contributed by atoms with Crippen molar-refractivity contribution >= 4 is 23.0 Å². The maximum absolute atomic E-state index is 11.2. The lowest BCUT2D eigenvalue weighted by molar-refractivity contribution is 0.0696. The number of aromatic carboxylic acids is 1. The molecule has 0 fully saturated rings. The Morgan fingerprint density at radius 2 is 2.00 bits per heavy atom. The molecule has 0 saturated heterocycles. The van der Waals surface area contributed by atoms with Gasteiger partial charge in [0, 0.05) is 24.3 Å². The van der Waals surface area contributed by atoms with E-state index in [0.717, 1.165) is 16.8 Å². The van der Waals surface area contributed by atoms with Crippen molar-refractivity contribution in [1.82, 2.24) is 9.38 Å². The number of fused-ring (bicyclic) bond motifs is 1. The fourth-order valence-corrected chi connectivity index (χ4v) is 2.39. The lowest BCUT2D eigenvalue weighted by atomic mass is 10.1. The van der Waals surface area contributed by atoms with Crippen LogP contribution in [0.3, 0.4) is 0 Å². The van der Waals surface area contributed by atoms with E-state index < -0.39 is 5.97 Å². The average Bonchev–Trinajstić information content (AvgIpc) is 2.91. The molecule has 0 amide bonds. The lowest BCUT2D eigenvalue weighted by Crippen LogP contribution is -2.04. The smallest absolute Gasteiger partial charge is 0.337 e. The number of aromatic nitrogens is 2. The van der Waals surface area contributed by atoms with E-state index in [9.17, 15) is 9.90 Å². The summed E-state index contributed by atoms with van der Waals surface area (Å²) in [6.45, 7) is 4.03. The molecule has 0 atom stereocenters. The third-order valence-corrected chi connectivity index (χ3v) is 3.48. The summed E-state index contributed by atoms with van der Waals surface area (Å²) in [6.07, 6.45) is 4.94. The summed E-state index contributed by atoms with van der Waals surface area (Å²) < 4.78 is 1.71. The van der Waals surface area contributed by atoms with Crippen LogP contribution in [-0.4, -0.2) is 20.5 Å². The van der Waals surface area contributed by atoms with Crippen molar-refractivity contribution in [2.45, 2.75) is 13.8 Å². The van der Waals surface area contributed by atoms with Crippen LogP contribution in [0.2, 0.25) is 0 Å². The highest BCUT2D eigenvalue weighted by molar-refractivity contribution is 5.91. The first-order valence-electron chi connectivity index (χ1n) is 6.59.